The van der Waals surface area contributed by atoms with E-state index in [1.807, 2.05) is 35.4 Å². The van der Waals surface area contributed by atoms with Crippen LogP contribution in [0.15, 0.2) is 35.7 Å². The molecule has 0 unspecified atom stereocenters. The number of hydrogen-bond donors (Lipinski definition) is 0. The van der Waals surface area contributed by atoms with Crippen LogP contribution in [0.3, 0.4) is 0 Å². The van der Waals surface area contributed by atoms with Crippen LogP contribution in [-0.2, 0) is 4.79 Å². The molecule has 0 bridgehead atoms. The monoisotopic (exact) mass is 420 g/mol. The Labute approximate surface area is 171 Å². The molecule has 1 amide bonds. The molecule has 4 rings (SSSR count). The van der Waals surface area contributed by atoms with E-state index in [0.29, 0.717) is 21.3 Å². The minimum atomic E-state index is -0.0754. The van der Waals surface area contributed by atoms with Gasteiger partial charge in [-0.15, -0.1) is 11.3 Å². The number of carbonyl (C=O) groups is 1. The van der Waals surface area contributed by atoms with Crippen molar-refractivity contribution in [1.82, 2.24) is 9.88 Å². The van der Waals surface area contributed by atoms with Gasteiger partial charge >= 0.3 is 0 Å². The van der Waals surface area contributed by atoms with Gasteiger partial charge in [0, 0.05) is 22.5 Å². The average Bonchev–Trinajstić information content (AvgIpc) is 3.32. The number of nitrogens with zero attached hydrogens (tertiary/aromatic N) is 2. The standard InChI is InChI=1S/C20H18Cl2N2O2S/c1-12-6-7-13-14(21)10-15(22)20(19(13)23-12)26-11-18(25)24-8-2-4-16(24)17-5-3-9-27-17/h3,5-7,9-10,16H,2,4,8,11H2,1H3/t16-/m0/s1. The van der Waals surface area contributed by atoms with Crippen molar-refractivity contribution in [2.75, 3.05) is 13.2 Å². The molecule has 140 valence electrons. The zero-order chi connectivity index (χ0) is 19.0. The fourth-order valence-corrected chi connectivity index (χ4v) is 4.93. The molecule has 1 saturated heterocycles. The summed E-state index contributed by atoms with van der Waals surface area (Å²) in [4.78, 5) is 20.4. The van der Waals surface area contributed by atoms with Gasteiger partial charge in [0.2, 0.25) is 0 Å². The third-order valence-electron chi connectivity index (χ3n) is 4.76. The number of benzene rings is 1. The van der Waals surface area contributed by atoms with Gasteiger partial charge in [0.15, 0.2) is 12.4 Å². The Kier molecular flexibility index (Phi) is 5.26. The van der Waals surface area contributed by atoms with Crippen LogP contribution in [0.5, 0.6) is 5.75 Å². The molecule has 2 aromatic heterocycles. The molecule has 1 aromatic carbocycles. The lowest BCUT2D eigenvalue weighted by Gasteiger charge is -2.24. The molecule has 0 N–H and O–H groups in total. The summed E-state index contributed by atoms with van der Waals surface area (Å²) in [5, 5.41) is 3.67. The summed E-state index contributed by atoms with van der Waals surface area (Å²) >= 11 is 14.3. The fraction of sp³-hybridized carbons (Fsp3) is 0.300. The number of thiophene rings is 1. The SMILES string of the molecule is Cc1ccc2c(Cl)cc(Cl)c(OCC(=O)N3CCC[C@H]3c3cccs3)c2n1. The Morgan fingerprint density at radius 2 is 2.19 bits per heavy atom. The molecule has 0 spiro atoms. The molecule has 27 heavy (non-hydrogen) atoms. The van der Waals surface area contributed by atoms with Crippen LogP contribution in [0.1, 0.15) is 29.5 Å². The van der Waals surface area contributed by atoms with E-state index in [1.165, 1.54) is 4.88 Å². The van der Waals surface area contributed by atoms with Gasteiger partial charge in [0.05, 0.1) is 16.1 Å². The molecule has 1 fully saturated rings. The number of hydrogen-bond acceptors (Lipinski definition) is 4. The Morgan fingerprint density at radius 3 is 2.96 bits per heavy atom. The number of aryl methyl sites for hydroxylation is 1. The Balaban J connectivity index is 1.57. The summed E-state index contributed by atoms with van der Waals surface area (Å²) in [6.45, 7) is 2.56. The van der Waals surface area contributed by atoms with Crippen LogP contribution in [0, 0.1) is 6.92 Å². The molecule has 4 nitrogen and oxygen atoms in total. The summed E-state index contributed by atoms with van der Waals surface area (Å²) in [6.07, 6.45) is 1.98. The molecule has 1 atom stereocenters. The topological polar surface area (TPSA) is 42.4 Å². The first-order valence-corrected chi connectivity index (χ1v) is 10.4. The van der Waals surface area contributed by atoms with Gasteiger partial charge in [0.25, 0.3) is 5.91 Å². The predicted molar refractivity (Wildman–Crippen MR) is 110 cm³/mol. The van der Waals surface area contributed by atoms with Gasteiger partial charge in [0.1, 0.15) is 5.52 Å². The second-order valence-corrected chi connectivity index (χ2v) is 8.36. The van der Waals surface area contributed by atoms with E-state index in [-0.39, 0.29) is 18.6 Å². The average molecular weight is 421 g/mol. The number of halogens is 2. The van der Waals surface area contributed by atoms with Gasteiger partial charge < -0.3 is 9.64 Å². The normalized spacial score (nSPS) is 16.9. The van der Waals surface area contributed by atoms with Crippen LogP contribution in [-0.4, -0.2) is 28.9 Å². The van der Waals surface area contributed by atoms with E-state index in [2.05, 4.69) is 11.1 Å². The lowest BCUT2D eigenvalue weighted by Crippen LogP contribution is -2.34. The number of rotatable bonds is 4. The zero-order valence-corrected chi connectivity index (χ0v) is 17.1. The highest BCUT2D eigenvalue weighted by atomic mass is 35.5. The lowest BCUT2D eigenvalue weighted by atomic mass is 10.2. The second-order valence-electron chi connectivity index (χ2n) is 6.57. The van der Waals surface area contributed by atoms with Crippen molar-refractivity contribution in [2.45, 2.75) is 25.8 Å². The van der Waals surface area contributed by atoms with E-state index in [0.717, 1.165) is 30.5 Å². The van der Waals surface area contributed by atoms with Crippen LogP contribution in [0.25, 0.3) is 10.9 Å². The molecular weight excluding hydrogens is 403 g/mol. The van der Waals surface area contributed by atoms with Gasteiger partial charge in [-0.25, -0.2) is 4.98 Å². The first-order chi connectivity index (χ1) is 13.0. The van der Waals surface area contributed by atoms with E-state index < -0.39 is 0 Å². The predicted octanol–water partition coefficient (Wildman–Crippen LogP) is 5.65. The molecule has 1 aliphatic rings. The first kappa shape index (κ1) is 18.5. The Bertz CT molecular complexity index is 991. The maximum atomic E-state index is 12.8. The fourth-order valence-electron chi connectivity index (χ4n) is 3.49. The molecule has 1 aliphatic heterocycles. The number of amides is 1. The van der Waals surface area contributed by atoms with Crippen molar-refractivity contribution in [2.24, 2.45) is 0 Å². The van der Waals surface area contributed by atoms with Crippen molar-refractivity contribution in [3.8, 4) is 5.75 Å². The van der Waals surface area contributed by atoms with E-state index in [1.54, 1.807) is 17.4 Å². The largest absolute Gasteiger partial charge is 0.480 e. The van der Waals surface area contributed by atoms with Crippen molar-refractivity contribution < 1.29 is 9.53 Å². The number of aromatic nitrogens is 1. The van der Waals surface area contributed by atoms with Crippen LogP contribution in [0.4, 0.5) is 0 Å². The van der Waals surface area contributed by atoms with Crippen LogP contribution in [0.2, 0.25) is 10.0 Å². The van der Waals surface area contributed by atoms with Crippen molar-refractivity contribution in [3.63, 3.8) is 0 Å². The molecule has 3 aromatic rings. The molecule has 3 heterocycles. The van der Waals surface area contributed by atoms with Gasteiger partial charge in [-0.2, -0.15) is 0 Å². The molecule has 0 aliphatic carbocycles. The minimum Gasteiger partial charge on any atom is -0.480 e. The van der Waals surface area contributed by atoms with E-state index in [4.69, 9.17) is 27.9 Å². The molecule has 7 heteroatoms. The highest BCUT2D eigenvalue weighted by Crippen LogP contribution is 2.38. The number of likely N-dealkylation sites (tertiary alicyclic amines) is 1. The van der Waals surface area contributed by atoms with Gasteiger partial charge in [-0.3, -0.25) is 4.79 Å². The number of fused-ring (bicyclic) bond motifs is 1. The third kappa shape index (κ3) is 3.64. The third-order valence-corrected chi connectivity index (χ3v) is 6.33. The highest BCUT2D eigenvalue weighted by molar-refractivity contribution is 7.10. The summed E-state index contributed by atoms with van der Waals surface area (Å²) in [5.41, 5.74) is 1.41. The molecular formula is C20H18Cl2N2O2S. The molecule has 0 saturated carbocycles. The number of carbonyl (C=O) groups excluding carboxylic acids is 1. The summed E-state index contributed by atoms with van der Waals surface area (Å²) in [6, 6.07) is 9.64. The highest BCUT2D eigenvalue weighted by Gasteiger charge is 2.31. The quantitative estimate of drug-likeness (QED) is 0.547. The summed E-state index contributed by atoms with van der Waals surface area (Å²) in [7, 11) is 0. The summed E-state index contributed by atoms with van der Waals surface area (Å²) in [5.74, 6) is 0.359. The smallest absolute Gasteiger partial charge is 0.261 e. The van der Waals surface area contributed by atoms with Crippen molar-refractivity contribution in [1.29, 1.82) is 0 Å². The van der Waals surface area contributed by atoms with Crippen LogP contribution < -0.4 is 4.74 Å². The number of ether oxygens (including phenoxy) is 1. The maximum Gasteiger partial charge on any atom is 0.261 e. The first-order valence-electron chi connectivity index (χ1n) is 8.75. The van der Waals surface area contributed by atoms with Gasteiger partial charge in [-0.1, -0.05) is 29.3 Å². The second kappa shape index (κ2) is 7.66. The summed E-state index contributed by atoms with van der Waals surface area (Å²) < 4.78 is 5.86. The zero-order valence-electron chi connectivity index (χ0n) is 14.7. The minimum absolute atomic E-state index is 0.0438. The van der Waals surface area contributed by atoms with Crippen LogP contribution >= 0.6 is 34.5 Å². The lowest BCUT2D eigenvalue weighted by molar-refractivity contribution is -0.134. The number of pyridine rings is 1. The van der Waals surface area contributed by atoms with E-state index in [9.17, 15) is 4.79 Å². The van der Waals surface area contributed by atoms with E-state index >= 15 is 0 Å². The van der Waals surface area contributed by atoms with Crippen molar-refractivity contribution in [3.05, 3.63) is 56.3 Å². The Hall–Kier alpha value is -1.82. The molecule has 0 radical (unpaired) electrons. The van der Waals surface area contributed by atoms with Gasteiger partial charge in [-0.05, 0) is 49.4 Å². The van der Waals surface area contributed by atoms with Crippen molar-refractivity contribution >= 4 is 51.3 Å². The Morgan fingerprint density at radius 1 is 1.33 bits per heavy atom. The maximum absolute atomic E-state index is 12.8.